The minimum Gasteiger partial charge on any atom is -0.497 e. The fourth-order valence-corrected chi connectivity index (χ4v) is 3.27. The van der Waals surface area contributed by atoms with Crippen LogP contribution in [0.3, 0.4) is 0 Å². The lowest BCUT2D eigenvalue weighted by molar-refractivity contribution is 0.0953. The molecule has 0 aliphatic carbocycles. The number of nitrogens with one attached hydrogen (secondary N) is 1. The highest BCUT2D eigenvalue weighted by molar-refractivity contribution is 6.10. The molecule has 3 N–H and O–H groups in total. The number of hydrogen-bond acceptors (Lipinski definition) is 5. The van der Waals surface area contributed by atoms with Gasteiger partial charge in [0.15, 0.2) is 5.65 Å². The number of hydrogen-bond donors (Lipinski definition) is 2. The van der Waals surface area contributed by atoms with Gasteiger partial charge < -0.3 is 20.4 Å². The Balaban J connectivity index is 1.72. The molecule has 7 heteroatoms. The van der Waals surface area contributed by atoms with E-state index >= 15 is 0 Å². The predicted molar refractivity (Wildman–Crippen MR) is 114 cm³/mol. The SMILES string of the molecule is C=CCn1c(N)c(C(=O)NCc2ccc(OC)cc2)c2nc3ccccc3nc21. The molecule has 0 aliphatic rings. The van der Waals surface area contributed by atoms with Crippen LogP contribution in [0.15, 0.2) is 61.2 Å². The van der Waals surface area contributed by atoms with E-state index < -0.39 is 0 Å². The van der Waals surface area contributed by atoms with Crippen LogP contribution in [-0.4, -0.2) is 27.6 Å². The number of ether oxygens (including phenoxy) is 1. The van der Waals surface area contributed by atoms with E-state index in [1.165, 1.54) is 0 Å². The van der Waals surface area contributed by atoms with Gasteiger partial charge in [-0.2, -0.15) is 0 Å². The molecule has 29 heavy (non-hydrogen) atoms. The summed E-state index contributed by atoms with van der Waals surface area (Å²) in [7, 11) is 1.61. The molecule has 4 aromatic rings. The second kappa shape index (κ2) is 7.63. The zero-order valence-corrected chi connectivity index (χ0v) is 16.1. The first-order chi connectivity index (χ1) is 14.1. The van der Waals surface area contributed by atoms with Crippen LogP contribution < -0.4 is 15.8 Å². The molecule has 0 unspecified atom stereocenters. The number of rotatable bonds is 6. The number of para-hydroxylation sites is 2. The van der Waals surface area contributed by atoms with Crippen molar-refractivity contribution >= 4 is 33.9 Å². The molecule has 0 bridgehead atoms. The monoisotopic (exact) mass is 387 g/mol. The third kappa shape index (κ3) is 3.38. The molecule has 0 spiro atoms. The summed E-state index contributed by atoms with van der Waals surface area (Å²) in [6.07, 6.45) is 1.71. The molecule has 0 fully saturated rings. The molecule has 7 nitrogen and oxygen atoms in total. The van der Waals surface area contributed by atoms with Crippen molar-refractivity contribution in [3.8, 4) is 5.75 Å². The molecule has 0 saturated carbocycles. The number of allylic oxidation sites excluding steroid dienone is 1. The Kier molecular flexibility index (Phi) is 4.87. The number of fused-ring (bicyclic) bond motifs is 2. The Bertz CT molecular complexity index is 1210. The lowest BCUT2D eigenvalue weighted by Gasteiger charge is -2.07. The smallest absolute Gasteiger partial charge is 0.257 e. The second-order valence-electron chi connectivity index (χ2n) is 6.57. The summed E-state index contributed by atoms with van der Waals surface area (Å²) in [6.45, 7) is 4.57. The first-order valence-corrected chi connectivity index (χ1v) is 9.19. The van der Waals surface area contributed by atoms with E-state index in [0.717, 1.165) is 16.8 Å². The predicted octanol–water partition coefficient (Wildman–Crippen LogP) is 3.29. The van der Waals surface area contributed by atoms with Crippen molar-refractivity contribution in [3.63, 3.8) is 0 Å². The summed E-state index contributed by atoms with van der Waals surface area (Å²) >= 11 is 0. The van der Waals surface area contributed by atoms with Crippen molar-refractivity contribution in [2.45, 2.75) is 13.1 Å². The van der Waals surface area contributed by atoms with Gasteiger partial charge in [-0.3, -0.25) is 4.79 Å². The van der Waals surface area contributed by atoms with Crippen molar-refractivity contribution in [2.75, 3.05) is 12.8 Å². The molecule has 0 saturated heterocycles. The lowest BCUT2D eigenvalue weighted by atomic mass is 10.2. The summed E-state index contributed by atoms with van der Waals surface area (Å²) in [5.74, 6) is 0.789. The van der Waals surface area contributed by atoms with Crippen LogP contribution in [0.25, 0.3) is 22.2 Å². The molecular formula is C22H21N5O2. The van der Waals surface area contributed by atoms with Crippen LogP contribution in [0.1, 0.15) is 15.9 Å². The van der Waals surface area contributed by atoms with Gasteiger partial charge in [0.2, 0.25) is 0 Å². The van der Waals surface area contributed by atoms with Crippen molar-refractivity contribution in [1.29, 1.82) is 0 Å². The van der Waals surface area contributed by atoms with Gasteiger partial charge in [-0.05, 0) is 29.8 Å². The Morgan fingerprint density at radius 2 is 1.86 bits per heavy atom. The number of methoxy groups -OCH3 is 1. The number of benzene rings is 2. The minimum atomic E-state index is -0.296. The fraction of sp³-hybridized carbons (Fsp3) is 0.136. The highest BCUT2D eigenvalue weighted by Gasteiger charge is 2.23. The van der Waals surface area contributed by atoms with E-state index in [1.54, 1.807) is 17.8 Å². The number of carbonyl (C=O) groups is 1. The average molecular weight is 387 g/mol. The molecular weight excluding hydrogens is 366 g/mol. The zero-order valence-electron chi connectivity index (χ0n) is 16.1. The number of anilines is 1. The first-order valence-electron chi connectivity index (χ1n) is 9.19. The van der Waals surface area contributed by atoms with Crippen molar-refractivity contribution < 1.29 is 9.53 Å². The number of carbonyl (C=O) groups excluding carboxylic acids is 1. The molecule has 2 aromatic carbocycles. The Labute approximate surface area is 167 Å². The van der Waals surface area contributed by atoms with Crippen LogP contribution in [0.5, 0.6) is 5.75 Å². The van der Waals surface area contributed by atoms with E-state index in [-0.39, 0.29) is 5.91 Å². The second-order valence-corrected chi connectivity index (χ2v) is 6.57. The molecule has 146 valence electrons. The van der Waals surface area contributed by atoms with Crippen LogP contribution >= 0.6 is 0 Å². The van der Waals surface area contributed by atoms with E-state index in [9.17, 15) is 4.79 Å². The average Bonchev–Trinajstić information content (AvgIpc) is 3.01. The highest BCUT2D eigenvalue weighted by Crippen LogP contribution is 2.28. The van der Waals surface area contributed by atoms with Gasteiger partial charge in [0.05, 0.1) is 18.1 Å². The summed E-state index contributed by atoms with van der Waals surface area (Å²) in [5, 5.41) is 2.92. The maximum atomic E-state index is 13.0. The van der Waals surface area contributed by atoms with Gasteiger partial charge in [-0.15, -0.1) is 6.58 Å². The third-order valence-corrected chi connectivity index (χ3v) is 4.74. The number of nitrogen functional groups attached to an aromatic ring is 1. The summed E-state index contributed by atoms with van der Waals surface area (Å²) in [5.41, 5.74) is 10.1. The van der Waals surface area contributed by atoms with Gasteiger partial charge in [0.25, 0.3) is 5.91 Å². The standard InChI is InChI=1S/C22H21N5O2/c1-3-12-27-20(23)18(19-21(27)26-17-7-5-4-6-16(17)25-19)22(28)24-13-14-8-10-15(29-2)11-9-14/h3-11H,1,12-13,23H2,2H3,(H,24,28). The molecule has 2 heterocycles. The maximum absolute atomic E-state index is 13.0. The van der Waals surface area contributed by atoms with Crippen molar-refractivity contribution in [1.82, 2.24) is 19.9 Å². The minimum absolute atomic E-state index is 0.296. The van der Waals surface area contributed by atoms with E-state index in [1.807, 2.05) is 48.5 Å². The molecule has 4 rings (SSSR count). The normalized spacial score (nSPS) is 10.9. The molecule has 0 atom stereocenters. The molecule has 0 radical (unpaired) electrons. The van der Waals surface area contributed by atoms with E-state index in [2.05, 4.69) is 21.9 Å². The quantitative estimate of drug-likeness (QED) is 0.495. The van der Waals surface area contributed by atoms with Gasteiger partial charge in [-0.25, -0.2) is 9.97 Å². The molecule has 2 aromatic heterocycles. The first kappa shape index (κ1) is 18.5. The summed E-state index contributed by atoms with van der Waals surface area (Å²) in [4.78, 5) is 22.3. The number of amides is 1. The van der Waals surface area contributed by atoms with Gasteiger partial charge in [-0.1, -0.05) is 30.3 Å². The van der Waals surface area contributed by atoms with Crippen LogP contribution in [0.2, 0.25) is 0 Å². The van der Waals surface area contributed by atoms with Crippen molar-refractivity contribution in [3.05, 3.63) is 72.3 Å². The fourth-order valence-electron chi connectivity index (χ4n) is 3.27. The largest absolute Gasteiger partial charge is 0.497 e. The van der Waals surface area contributed by atoms with E-state index in [0.29, 0.717) is 41.2 Å². The molecule has 1 amide bonds. The molecule has 0 aliphatic heterocycles. The number of aromatic nitrogens is 3. The van der Waals surface area contributed by atoms with Gasteiger partial charge >= 0.3 is 0 Å². The van der Waals surface area contributed by atoms with Crippen LogP contribution in [0, 0.1) is 0 Å². The van der Waals surface area contributed by atoms with Gasteiger partial charge in [0, 0.05) is 13.1 Å². The maximum Gasteiger partial charge on any atom is 0.257 e. The van der Waals surface area contributed by atoms with Crippen LogP contribution in [0.4, 0.5) is 5.82 Å². The highest BCUT2D eigenvalue weighted by atomic mass is 16.5. The Morgan fingerprint density at radius 1 is 1.17 bits per heavy atom. The lowest BCUT2D eigenvalue weighted by Crippen LogP contribution is -2.24. The Hall–Kier alpha value is -3.87. The van der Waals surface area contributed by atoms with Crippen LogP contribution in [-0.2, 0) is 13.1 Å². The third-order valence-electron chi connectivity index (χ3n) is 4.74. The van der Waals surface area contributed by atoms with Gasteiger partial charge in [0.1, 0.15) is 22.6 Å². The summed E-state index contributed by atoms with van der Waals surface area (Å²) in [6, 6.07) is 15.0. The summed E-state index contributed by atoms with van der Waals surface area (Å²) < 4.78 is 6.91. The van der Waals surface area contributed by atoms with Crippen molar-refractivity contribution in [2.24, 2.45) is 0 Å². The van der Waals surface area contributed by atoms with E-state index in [4.69, 9.17) is 10.5 Å². The zero-order chi connectivity index (χ0) is 20.4. The number of nitrogens with two attached hydrogens (primary N) is 1. The topological polar surface area (TPSA) is 95.1 Å². The number of nitrogens with zero attached hydrogens (tertiary/aromatic N) is 3. The Morgan fingerprint density at radius 3 is 2.52 bits per heavy atom.